The van der Waals surface area contributed by atoms with Gasteiger partial charge >= 0.3 is 5.97 Å². The molecule has 3 rings (SSSR count). The standard InChI is InChI=1S/C24H32N4O4/c1-16-6-8-19(9-7-16)28-20(14-17(2)26-28)25-21(29)15-32-22(30)18-10-12-27(13-11-18)23(31)24(3,4)5/h6-9,14,18H,10-13,15H2,1-5H3,(H,25,29). The second-order valence-electron chi connectivity index (χ2n) is 9.39. The molecule has 1 N–H and O–H groups in total. The van der Waals surface area contributed by atoms with Gasteiger partial charge in [-0.05, 0) is 38.8 Å². The number of hydrogen-bond acceptors (Lipinski definition) is 5. The molecular weight excluding hydrogens is 408 g/mol. The minimum absolute atomic E-state index is 0.0872. The van der Waals surface area contributed by atoms with Crippen molar-refractivity contribution in [1.82, 2.24) is 14.7 Å². The normalized spacial score (nSPS) is 14.8. The summed E-state index contributed by atoms with van der Waals surface area (Å²) in [4.78, 5) is 39.0. The molecule has 0 aliphatic carbocycles. The summed E-state index contributed by atoms with van der Waals surface area (Å²) in [5.41, 5.74) is 2.28. The lowest BCUT2D eigenvalue weighted by Crippen LogP contribution is -2.45. The number of benzene rings is 1. The zero-order chi connectivity index (χ0) is 23.5. The number of hydrogen-bond donors (Lipinski definition) is 1. The summed E-state index contributed by atoms with van der Waals surface area (Å²) < 4.78 is 6.91. The lowest BCUT2D eigenvalue weighted by molar-refractivity contribution is -0.155. The molecule has 0 atom stereocenters. The van der Waals surface area contributed by atoms with E-state index in [1.54, 1.807) is 15.6 Å². The zero-order valence-electron chi connectivity index (χ0n) is 19.5. The number of nitrogens with zero attached hydrogens (tertiary/aromatic N) is 3. The predicted octanol–water partition coefficient (Wildman–Crippen LogP) is 3.26. The number of anilines is 1. The van der Waals surface area contributed by atoms with Gasteiger partial charge in [-0.2, -0.15) is 5.10 Å². The molecule has 1 fully saturated rings. The minimum atomic E-state index is -0.436. The molecule has 1 aliphatic rings. The highest BCUT2D eigenvalue weighted by molar-refractivity contribution is 5.92. The van der Waals surface area contributed by atoms with Gasteiger partial charge in [0.15, 0.2) is 6.61 Å². The number of likely N-dealkylation sites (tertiary alicyclic amines) is 1. The number of carbonyl (C=O) groups excluding carboxylic acids is 3. The van der Waals surface area contributed by atoms with Crippen LogP contribution in [-0.2, 0) is 19.1 Å². The summed E-state index contributed by atoms with van der Waals surface area (Å²) >= 11 is 0. The molecule has 1 aliphatic heterocycles. The van der Waals surface area contributed by atoms with Crippen LogP contribution in [0.2, 0.25) is 0 Å². The van der Waals surface area contributed by atoms with Crippen molar-refractivity contribution in [2.45, 2.75) is 47.5 Å². The van der Waals surface area contributed by atoms with Crippen LogP contribution in [0, 0.1) is 25.2 Å². The fraction of sp³-hybridized carbons (Fsp3) is 0.500. The highest BCUT2D eigenvalue weighted by Crippen LogP contribution is 2.24. The first-order valence-corrected chi connectivity index (χ1v) is 10.9. The van der Waals surface area contributed by atoms with Crippen molar-refractivity contribution in [2.75, 3.05) is 25.0 Å². The molecule has 8 nitrogen and oxygen atoms in total. The maximum atomic E-state index is 12.4. The molecule has 0 bridgehead atoms. The van der Waals surface area contributed by atoms with E-state index in [4.69, 9.17) is 4.74 Å². The predicted molar refractivity (Wildman–Crippen MR) is 121 cm³/mol. The number of rotatable bonds is 5. The average Bonchev–Trinajstić information content (AvgIpc) is 3.11. The molecule has 2 amide bonds. The maximum Gasteiger partial charge on any atom is 0.309 e. The Kier molecular flexibility index (Phi) is 7.01. The van der Waals surface area contributed by atoms with Gasteiger partial charge in [-0.3, -0.25) is 14.4 Å². The molecule has 0 saturated carbocycles. The van der Waals surface area contributed by atoms with Crippen LogP contribution in [0.5, 0.6) is 0 Å². The Morgan fingerprint density at radius 2 is 1.72 bits per heavy atom. The monoisotopic (exact) mass is 440 g/mol. The van der Waals surface area contributed by atoms with E-state index < -0.39 is 17.3 Å². The van der Waals surface area contributed by atoms with Gasteiger partial charge < -0.3 is 15.0 Å². The van der Waals surface area contributed by atoms with Crippen LogP contribution < -0.4 is 5.32 Å². The van der Waals surface area contributed by atoms with Gasteiger partial charge in [0.25, 0.3) is 5.91 Å². The summed E-state index contributed by atoms with van der Waals surface area (Å²) in [5.74, 6) is -0.518. The van der Waals surface area contributed by atoms with Crippen LogP contribution in [0.4, 0.5) is 5.82 Å². The summed E-state index contributed by atoms with van der Waals surface area (Å²) in [6.45, 7) is 10.2. The summed E-state index contributed by atoms with van der Waals surface area (Å²) in [6.07, 6.45) is 1.09. The van der Waals surface area contributed by atoms with E-state index in [1.165, 1.54) is 0 Å². The molecular formula is C24H32N4O4. The van der Waals surface area contributed by atoms with Gasteiger partial charge in [0.05, 0.1) is 17.3 Å². The van der Waals surface area contributed by atoms with Gasteiger partial charge in [0.1, 0.15) is 5.82 Å². The highest BCUT2D eigenvalue weighted by atomic mass is 16.5. The summed E-state index contributed by atoms with van der Waals surface area (Å²) in [5, 5.41) is 7.21. The Labute approximate surface area is 188 Å². The largest absolute Gasteiger partial charge is 0.455 e. The van der Waals surface area contributed by atoms with E-state index in [0.717, 1.165) is 16.9 Å². The second-order valence-corrected chi connectivity index (χ2v) is 9.39. The van der Waals surface area contributed by atoms with Crippen LogP contribution >= 0.6 is 0 Å². The summed E-state index contributed by atoms with van der Waals surface area (Å²) in [6, 6.07) is 9.56. The van der Waals surface area contributed by atoms with Gasteiger partial charge in [-0.1, -0.05) is 38.5 Å². The topological polar surface area (TPSA) is 93.5 Å². The van der Waals surface area contributed by atoms with Crippen LogP contribution in [0.3, 0.4) is 0 Å². The first kappa shape index (κ1) is 23.5. The molecule has 0 radical (unpaired) electrons. The van der Waals surface area contributed by atoms with E-state index in [0.29, 0.717) is 31.7 Å². The molecule has 2 aromatic rings. The fourth-order valence-corrected chi connectivity index (χ4v) is 3.70. The molecule has 2 heterocycles. The second kappa shape index (κ2) is 9.54. The van der Waals surface area contributed by atoms with Gasteiger partial charge in [-0.15, -0.1) is 0 Å². The molecule has 1 aromatic heterocycles. The van der Waals surface area contributed by atoms with Crippen molar-refractivity contribution in [2.24, 2.45) is 11.3 Å². The summed E-state index contributed by atoms with van der Waals surface area (Å²) in [7, 11) is 0. The van der Waals surface area contributed by atoms with Crippen molar-refractivity contribution in [3.8, 4) is 5.69 Å². The van der Waals surface area contributed by atoms with Crippen LogP contribution in [0.25, 0.3) is 5.69 Å². The number of amides is 2. The number of aromatic nitrogens is 2. The molecule has 8 heteroatoms. The zero-order valence-corrected chi connectivity index (χ0v) is 19.5. The van der Waals surface area contributed by atoms with E-state index in [9.17, 15) is 14.4 Å². The first-order chi connectivity index (χ1) is 15.0. The van der Waals surface area contributed by atoms with Crippen molar-refractivity contribution in [3.05, 3.63) is 41.6 Å². The van der Waals surface area contributed by atoms with Crippen LogP contribution in [-0.4, -0.2) is 52.2 Å². The lowest BCUT2D eigenvalue weighted by Gasteiger charge is -2.34. The lowest BCUT2D eigenvalue weighted by atomic mass is 9.91. The van der Waals surface area contributed by atoms with Crippen LogP contribution in [0.1, 0.15) is 44.9 Å². The Morgan fingerprint density at radius 3 is 2.31 bits per heavy atom. The van der Waals surface area contributed by atoms with Crippen molar-refractivity contribution in [3.63, 3.8) is 0 Å². The van der Waals surface area contributed by atoms with Crippen molar-refractivity contribution >= 4 is 23.6 Å². The number of piperidine rings is 1. The van der Waals surface area contributed by atoms with Crippen molar-refractivity contribution in [1.29, 1.82) is 0 Å². The average molecular weight is 441 g/mol. The molecule has 1 aromatic carbocycles. The minimum Gasteiger partial charge on any atom is -0.455 e. The number of aryl methyl sites for hydroxylation is 2. The molecule has 0 spiro atoms. The third kappa shape index (κ3) is 5.75. The van der Waals surface area contributed by atoms with Gasteiger partial charge in [0.2, 0.25) is 5.91 Å². The van der Waals surface area contributed by atoms with Crippen molar-refractivity contribution < 1.29 is 19.1 Å². The molecule has 1 saturated heterocycles. The molecule has 172 valence electrons. The maximum absolute atomic E-state index is 12.4. The fourth-order valence-electron chi connectivity index (χ4n) is 3.70. The Balaban J connectivity index is 1.51. The Bertz CT molecular complexity index is 980. The van der Waals surface area contributed by atoms with Gasteiger partial charge in [0, 0.05) is 24.6 Å². The number of esters is 1. The van der Waals surface area contributed by atoms with Gasteiger partial charge in [-0.25, -0.2) is 4.68 Å². The number of ether oxygens (including phenoxy) is 1. The van der Waals surface area contributed by atoms with E-state index >= 15 is 0 Å². The Hall–Kier alpha value is -3.16. The van der Waals surface area contributed by atoms with E-state index in [1.807, 2.05) is 58.9 Å². The Morgan fingerprint density at radius 1 is 1.09 bits per heavy atom. The first-order valence-electron chi connectivity index (χ1n) is 10.9. The molecule has 0 unspecified atom stereocenters. The third-order valence-electron chi connectivity index (χ3n) is 5.48. The van der Waals surface area contributed by atoms with E-state index in [-0.39, 0.29) is 18.4 Å². The third-order valence-corrected chi connectivity index (χ3v) is 5.48. The smallest absolute Gasteiger partial charge is 0.309 e. The SMILES string of the molecule is Cc1ccc(-n2nc(C)cc2NC(=O)COC(=O)C2CCN(C(=O)C(C)(C)C)CC2)cc1. The number of carbonyl (C=O) groups is 3. The van der Waals surface area contributed by atoms with E-state index in [2.05, 4.69) is 10.4 Å². The molecule has 32 heavy (non-hydrogen) atoms. The van der Waals surface area contributed by atoms with Crippen LogP contribution in [0.15, 0.2) is 30.3 Å². The quantitative estimate of drug-likeness (QED) is 0.721. The highest BCUT2D eigenvalue weighted by Gasteiger charge is 2.33. The number of nitrogens with one attached hydrogen (secondary N) is 1.